The van der Waals surface area contributed by atoms with Crippen molar-refractivity contribution in [3.8, 4) is 0 Å². The van der Waals surface area contributed by atoms with E-state index in [-0.39, 0.29) is 18.7 Å². The normalized spacial score (nSPS) is 11.4. The lowest BCUT2D eigenvalue weighted by molar-refractivity contribution is -0.790. The van der Waals surface area contributed by atoms with E-state index < -0.39 is 22.9 Å². The highest BCUT2D eigenvalue weighted by molar-refractivity contribution is 5.75. The second kappa shape index (κ2) is 9.85. The summed E-state index contributed by atoms with van der Waals surface area (Å²) in [5, 5.41) is 20.7. The highest BCUT2D eigenvalue weighted by Crippen LogP contribution is 2.06. The number of carbonyl (C=O) groups excluding carboxylic acids is 1. The minimum atomic E-state index is -1.06. The van der Waals surface area contributed by atoms with Crippen LogP contribution < -0.4 is 5.32 Å². The molecule has 0 aliphatic rings. The van der Waals surface area contributed by atoms with Crippen LogP contribution in [-0.4, -0.2) is 35.3 Å². The molecular formula is C9H17N3O7. The van der Waals surface area contributed by atoms with Crippen LogP contribution in [0.2, 0.25) is 0 Å². The first-order chi connectivity index (χ1) is 8.95. The molecular weight excluding hydrogens is 262 g/mol. The molecule has 1 unspecified atom stereocenters. The number of carbonyl (C=O) groups is 1. The Kier molecular flexibility index (Phi) is 8.75. The van der Waals surface area contributed by atoms with Gasteiger partial charge >= 0.3 is 0 Å². The maximum absolute atomic E-state index is 11.2. The van der Waals surface area contributed by atoms with E-state index in [1.165, 1.54) is 0 Å². The Morgan fingerprint density at radius 1 is 1.32 bits per heavy atom. The summed E-state index contributed by atoms with van der Waals surface area (Å²) in [4.78, 5) is 39.6. The molecule has 0 bridgehead atoms. The van der Waals surface area contributed by atoms with Gasteiger partial charge in [0.05, 0.1) is 0 Å². The summed E-state index contributed by atoms with van der Waals surface area (Å²) in [6, 6.07) is 0. The molecule has 0 aliphatic heterocycles. The Labute approximate surface area is 109 Å². The van der Waals surface area contributed by atoms with Crippen LogP contribution in [0.5, 0.6) is 0 Å². The monoisotopic (exact) mass is 279 g/mol. The smallest absolute Gasteiger partial charge is 0.294 e. The number of hydrogen-bond donors (Lipinski definition) is 1. The Morgan fingerprint density at radius 2 is 2.00 bits per heavy atom. The van der Waals surface area contributed by atoms with Crippen molar-refractivity contribution < 1.29 is 24.6 Å². The molecule has 10 heteroatoms. The number of rotatable bonds is 11. The van der Waals surface area contributed by atoms with E-state index in [2.05, 4.69) is 15.0 Å². The van der Waals surface area contributed by atoms with Crippen LogP contribution in [0.3, 0.4) is 0 Å². The van der Waals surface area contributed by atoms with Gasteiger partial charge in [0.2, 0.25) is 5.91 Å². The summed E-state index contributed by atoms with van der Waals surface area (Å²) >= 11 is 0. The largest absolute Gasteiger partial charge is 0.356 e. The number of nitrogens with zero attached hydrogens (tertiary/aromatic N) is 2. The summed E-state index contributed by atoms with van der Waals surface area (Å²) in [7, 11) is 0. The fraction of sp³-hybridized carbons (Fsp3) is 0.889. The van der Waals surface area contributed by atoms with E-state index >= 15 is 0 Å². The van der Waals surface area contributed by atoms with Crippen molar-refractivity contribution in [3.05, 3.63) is 20.2 Å². The molecule has 0 aromatic heterocycles. The Hall–Kier alpha value is -2.13. The van der Waals surface area contributed by atoms with Crippen molar-refractivity contribution in [3.63, 3.8) is 0 Å². The van der Waals surface area contributed by atoms with Crippen LogP contribution in [0.25, 0.3) is 0 Å². The second-order valence-corrected chi connectivity index (χ2v) is 3.71. The first-order valence-electron chi connectivity index (χ1n) is 5.80. The molecule has 0 aromatic carbocycles. The van der Waals surface area contributed by atoms with Gasteiger partial charge in [-0.1, -0.05) is 6.92 Å². The quantitative estimate of drug-likeness (QED) is 0.429. The number of hydrogen-bond acceptors (Lipinski definition) is 7. The minimum absolute atomic E-state index is 0.119. The molecule has 0 radical (unpaired) electrons. The van der Waals surface area contributed by atoms with Gasteiger partial charge in [-0.2, -0.15) is 0 Å². The van der Waals surface area contributed by atoms with Crippen molar-refractivity contribution in [2.75, 3.05) is 13.2 Å². The van der Waals surface area contributed by atoms with Gasteiger partial charge in [0, 0.05) is 13.0 Å². The van der Waals surface area contributed by atoms with Gasteiger partial charge in [-0.05, 0) is 19.3 Å². The zero-order valence-electron chi connectivity index (χ0n) is 10.6. The summed E-state index contributed by atoms with van der Waals surface area (Å²) in [6.07, 6.45) is 0.369. The molecule has 19 heavy (non-hydrogen) atoms. The summed E-state index contributed by atoms with van der Waals surface area (Å²) in [5.74, 6) is -0.170. The summed E-state index contributed by atoms with van der Waals surface area (Å²) in [6.45, 7) is 1.94. The molecule has 0 rings (SSSR count). The van der Waals surface area contributed by atoms with E-state index in [9.17, 15) is 25.0 Å². The third-order valence-corrected chi connectivity index (χ3v) is 2.10. The standard InChI is InChI=1S/C9H17N3O7/c1-2-6-10-9(13)5-3-4-8(19-12(16)17)7-18-11(14)15/h8H,2-7H2,1H3,(H,10,13). The van der Waals surface area contributed by atoms with Crippen LogP contribution in [0.1, 0.15) is 32.6 Å². The molecule has 110 valence electrons. The first kappa shape index (κ1) is 16.9. The Bertz CT molecular complexity index is 310. The predicted octanol–water partition coefficient (Wildman–Crippen LogP) is 0.468. The van der Waals surface area contributed by atoms with Crippen LogP contribution >= 0.6 is 0 Å². The average Bonchev–Trinajstić information content (AvgIpc) is 2.32. The molecule has 0 spiro atoms. The zero-order chi connectivity index (χ0) is 14.7. The third-order valence-electron chi connectivity index (χ3n) is 2.10. The van der Waals surface area contributed by atoms with Crippen molar-refractivity contribution in [1.82, 2.24) is 5.32 Å². The topological polar surface area (TPSA) is 134 Å². The van der Waals surface area contributed by atoms with Crippen LogP contribution in [0, 0.1) is 20.2 Å². The lowest BCUT2D eigenvalue weighted by Crippen LogP contribution is -2.26. The molecule has 1 amide bonds. The minimum Gasteiger partial charge on any atom is -0.356 e. The highest BCUT2D eigenvalue weighted by atomic mass is 17.0. The van der Waals surface area contributed by atoms with Crippen LogP contribution in [-0.2, 0) is 14.5 Å². The van der Waals surface area contributed by atoms with Gasteiger partial charge in [-0.15, -0.1) is 20.2 Å². The Balaban J connectivity index is 3.93. The molecule has 0 aromatic rings. The van der Waals surface area contributed by atoms with E-state index in [1.54, 1.807) is 0 Å². The highest BCUT2D eigenvalue weighted by Gasteiger charge is 2.16. The van der Waals surface area contributed by atoms with E-state index in [0.29, 0.717) is 13.0 Å². The fourth-order valence-corrected chi connectivity index (χ4v) is 1.28. The van der Waals surface area contributed by atoms with Crippen molar-refractivity contribution >= 4 is 5.91 Å². The third kappa shape index (κ3) is 10.7. The van der Waals surface area contributed by atoms with Crippen molar-refractivity contribution in [1.29, 1.82) is 0 Å². The molecule has 0 heterocycles. The molecule has 1 atom stereocenters. The first-order valence-corrected chi connectivity index (χ1v) is 5.80. The number of nitrogens with one attached hydrogen (secondary N) is 1. The predicted molar refractivity (Wildman–Crippen MR) is 62.0 cm³/mol. The molecule has 1 N–H and O–H groups in total. The summed E-state index contributed by atoms with van der Waals surface area (Å²) < 4.78 is 0. The van der Waals surface area contributed by atoms with E-state index in [0.717, 1.165) is 6.42 Å². The maximum Gasteiger partial charge on any atom is 0.294 e. The Morgan fingerprint density at radius 3 is 2.53 bits per heavy atom. The molecule has 0 saturated carbocycles. The van der Waals surface area contributed by atoms with Crippen LogP contribution in [0.4, 0.5) is 0 Å². The van der Waals surface area contributed by atoms with Crippen molar-refractivity contribution in [2.24, 2.45) is 0 Å². The van der Waals surface area contributed by atoms with Gasteiger partial charge < -0.3 is 15.0 Å². The second-order valence-electron chi connectivity index (χ2n) is 3.71. The fourth-order valence-electron chi connectivity index (χ4n) is 1.28. The summed E-state index contributed by atoms with van der Waals surface area (Å²) in [5.41, 5.74) is 0. The van der Waals surface area contributed by atoms with E-state index in [1.807, 2.05) is 6.92 Å². The van der Waals surface area contributed by atoms with E-state index in [4.69, 9.17) is 0 Å². The SMILES string of the molecule is CCCNC(=O)CCCC(CO[N+](=O)[O-])O[N+](=O)[O-]. The van der Waals surface area contributed by atoms with Gasteiger partial charge in [-0.3, -0.25) is 4.79 Å². The van der Waals surface area contributed by atoms with Crippen molar-refractivity contribution in [2.45, 2.75) is 38.7 Å². The van der Waals surface area contributed by atoms with Gasteiger partial charge in [0.25, 0.3) is 10.2 Å². The van der Waals surface area contributed by atoms with Gasteiger partial charge in [0.15, 0.2) is 0 Å². The molecule has 10 nitrogen and oxygen atoms in total. The van der Waals surface area contributed by atoms with Crippen LogP contribution in [0.15, 0.2) is 0 Å². The van der Waals surface area contributed by atoms with Gasteiger partial charge in [-0.25, -0.2) is 0 Å². The maximum atomic E-state index is 11.2. The zero-order valence-corrected chi connectivity index (χ0v) is 10.6. The molecule has 0 fully saturated rings. The lowest BCUT2D eigenvalue weighted by Gasteiger charge is -2.13. The average molecular weight is 279 g/mol. The molecule has 0 saturated heterocycles. The van der Waals surface area contributed by atoms with Gasteiger partial charge in [0.1, 0.15) is 12.7 Å². The number of amides is 1. The molecule has 0 aliphatic carbocycles. The lowest BCUT2D eigenvalue weighted by atomic mass is 10.1.